The highest BCUT2D eigenvalue weighted by Crippen LogP contribution is 2.31. The molecule has 1 aliphatic carbocycles. The fourth-order valence-corrected chi connectivity index (χ4v) is 3.47. The van der Waals surface area contributed by atoms with Crippen LogP contribution in [0.1, 0.15) is 30.9 Å². The van der Waals surface area contributed by atoms with Crippen LogP contribution in [0.2, 0.25) is 0 Å². The normalized spacial score (nSPS) is 25.0. The Morgan fingerprint density at radius 1 is 1.35 bits per heavy atom. The van der Waals surface area contributed by atoms with Crippen molar-refractivity contribution in [3.8, 4) is 0 Å². The Balaban J connectivity index is 1.39. The summed E-state index contributed by atoms with van der Waals surface area (Å²) in [6.07, 6.45) is 3.69. The fourth-order valence-electron chi connectivity index (χ4n) is 3.06. The van der Waals surface area contributed by atoms with Crippen LogP contribution in [0.15, 0.2) is 28.7 Å². The molecule has 0 bridgehead atoms. The van der Waals surface area contributed by atoms with Crippen LogP contribution in [0, 0.1) is 5.92 Å². The average molecular weight is 339 g/mol. The Kier molecular flexibility index (Phi) is 4.76. The van der Waals surface area contributed by atoms with E-state index in [1.54, 1.807) is 0 Å². The van der Waals surface area contributed by atoms with Crippen LogP contribution in [-0.2, 0) is 0 Å². The van der Waals surface area contributed by atoms with Crippen LogP contribution in [-0.4, -0.2) is 42.2 Å². The molecule has 1 aromatic carbocycles. The minimum atomic E-state index is -0.423. The van der Waals surface area contributed by atoms with Gasteiger partial charge in [0.15, 0.2) is 0 Å². The first-order valence-electron chi connectivity index (χ1n) is 7.60. The molecule has 0 radical (unpaired) electrons. The second-order valence-corrected chi connectivity index (χ2v) is 7.03. The maximum absolute atomic E-state index is 10.2. The van der Waals surface area contributed by atoms with Crippen molar-refractivity contribution in [2.45, 2.75) is 31.4 Å². The second kappa shape index (κ2) is 6.56. The van der Waals surface area contributed by atoms with Crippen molar-refractivity contribution >= 4 is 15.9 Å². The van der Waals surface area contributed by atoms with Crippen molar-refractivity contribution in [2.24, 2.45) is 5.92 Å². The van der Waals surface area contributed by atoms with Gasteiger partial charge in [-0.15, -0.1) is 0 Å². The van der Waals surface area contributed by atoms with Crippen molar-refractivity contribution in [3.63, 3.8) is 0 Å². The van der Waals surface area contributed by atoms with E-state index in [-0.39, 0.29) is 0 Å². The fraction of sp³-hybridized carbons (Fsp3) is 0.625. The van der Waals surface area contributed by atoms with Gasteiger partial charge in [0.05, 0.1) is 6.10 Å². The minimum Gasteiger partial charge on any atom is -0.387 e. The third kappa shape index (κ3) is 3.82. The lowest BCUT2D eigenvalue weighted by Gasteiger charge is -2.17. The number of halogens is 1. The number of aliphatic hydroxyl groups is 1. The molecule has 4 heteroatoms. The van der Waals surface area contributed by atoms with E-state index in [1.165, 1.54) is 32.4 Å². The van der Waals surface area contributed by atoms with Gasteiger partial charge in [-0.05, 0) is 56.0 Å². The molecule has 3 rings (SSSR count). The number of benzene rings is 1. The Morgan fingerprint density at radius 2 is 2.20 bits per heavy atom. The van der Waals surface area contributed by atoms with Crippen LogP contribution < -0.4 is 5.32 Å². The highest BCUT2D eigenvalue weighted by molar-refractivity contribution is 9.10. The number of likely N-dealkylation sites (tertiary alicyclic amines) is 1. The van der Waals surface area contributed by atoms with E-state index in [0.717, 1.165) is 28.5 Å². The van der Waals surface area contributed by atoms with Crippen molar-refractivity contribution in [3.05, 3.63) is 34.3 Å². The number of nitrogens with zero attached hydrogens (tertiary/aromatic N) is 1. The van der Waals surface area contributed by atoms with Crippen LogP contribution in [0.25, 0.3) is 0 Å². The first-order valence-corrected chi connectivity index (χ1v) is 8.40. The molecule has 2 unspecified atom stereocenters. The molecule has 2 N–H and O–H groups in total. The molecule has 0 spiro atoms. The van der Waals surface area contributed by atoms with Crippen molar-refractivity contribution in [1.82, 2.24) is 10.2 Å². The zero-order valence-electron chi connectivity index (χ0n) is 11.8. The monoisotopic (exact) mass is 338 g/mol. The molecule has 1 saturated heterocycles. The number of aliphatic hydroxyl groups excluding tert-OH is 1. The number of hydrogen-bond acceptors (Lipinski definition) is 3. The molecule has 1 aromatic rings. The molecule has 1 aliphatic heterocycles. The number of hydrogen-bond donors (Lipinski definition) is 2. The summed E-state index contributed by atoms with van der Waals surface area (Å²) in [5.41, 5.74) is 0.970. The standard InChI is InChI=1S/C16H23BrN2O/c17-14-3-1-2-13(8-14)16(20)10-18-9-12-6-7-19(11-12)15-4-5-15/h1-3,8,12,15-16,18,20H,4-7,9-11H2. The van der Waals surface area contributed by atoms with Crippen LogP contribution in [0.5, 0.6) is 0 Å². The topological polar surface area (TPSA) is 35.5 Å². The molecule has 2 fully saturated rings. The SMILES string of the molecule is OC(CNCC1CCN(C2CC2)C1)c1cccc(Br)c1. The molecule has 0 amide bonds. The third-order valence-corrected chi connectivity index (χ3v) is 4.88. The zero-order chi connectivity index (χ0) is 13.9. The van der Waals surface area contributed by atoms with E-state index in [0.29, 0.717) is 6.54 Å². The Hall–Kier alpha value is -0.420. The molecule has 1 heterocycles. The van der Waals surface area contributed by atoms with E-state index < -0.39 is 6.10 Å². The molecule has 0 aromatic heterocycles. The van der Waals surface area contributed by atoms with Crippen molar-refractivity contribution in [2.75, 3.05) is 26.2 Å². The summed E-state index contributed by atoms with van der Waals surface area (Å²) in [7, 11) is 0. The molecule has 20 heavy (non-hydrogen) atoms. The lowest BCUT2D eigenvalue weighted by molar-refractivity contribution is 0.172. The molecule has 2 aliphatic rings. The first kappa shape index (κ1) is 14.5. The van der Waals surface area contributed by atoms with Crippen molar-refractivity contribution < 1.29 is 5.11 Å². The van der Waals surface area contributed by atoms with E-state index in [4.69, 9.17) is 0 Å². The first-order chi connectivity index (χ1) is 9.72. The van der Waals surface area contributed by atoms with E-state index in [9.17, 15) is 5.11 Å². The largest absolute Gasteiger partial charge is 0.387 e. The maximum Gasteiger partial charge on any atom is 0.0914 e. The van der Waals surface area contributed by atoms with Gasteiger partial charge in [0.2, 0.25) is 0 Å². The van der Waals surface area contributed by atoms with Gasteiger partial charge >= 0.3 is 0 Å². The summed E-state index contributed by atoms with van der Waals surface area (Å²) in [4.78, 5) is 2.64. The van der Waals surface area contributed by atoms with E-state index >= 15 is 0 Å². The predicted octanol–water partition coefficient (Wildman–Crippen LogP) is 2.56. The van der Waals surface area contributed by atoms with Crippen LogP contribution in [0.3, 0.4) is 0 Å². The lowest BCUT2D eigenvalue weighted by atomic mass is 10.1. The van der Waals surface area contributed by atoms with E-state index in [1.807, 2.05) is 24.3 Å². The molecule has 1 saturated carbocycles. The number of nitrogens with one attached hydrogen (secondary N) is 1. The molecule has 110 valence electrons. The summed E-state index contributed by atoms with van der Waals surface area (Å²) >= 11 is 3.44. The molecular weight excluding hydrogens is 316 g/mol. The molecule has 3 nitrogen and oxygen atoms in total. The summed E-state index contributed by atoms with van der Waals surface area (Å²) < 4.78 is 1.02. The van der Waals surface area contributed by atoms with Gasteiger partial charge in [-0.3, -0.25) is 0 Å². The average Bonchev–Trinajstić information content (AvgIpc) is 3.19. The molecule has 2 atom stereocenters. The quantitative estimate of drug-likeness (QED) is 0.836. The summed E-state index contributed by atoms with van der Waals surface area (Å²) in [6.45, 7) is 4.17. The highest BCUT2D eigenvalue weighted by atomic mass is 79.9. The van der Waals surface area contributed by atoms with Gasteiger partial charge in [-0.1, -0.05) is 28.1 Å². The maximum atomic E-state index is 10.2. The highest BCUT2D eigenvalue weighted by Gasteiger charge is 2.34. The van der Waals surface area contributed by atoms with Gasteiger partial charge in [0.1, 0.15) is 0 Å². The van der Waals surface area contributed by atoms with Crippen LogP contribution in [0.4, 0.5) is 0 Å². The summed E-state index contributed by atoms with van der Waals surface area (Å²) in [6, 6.07) is 8.80. The smallest absolute Gasteiger partial charge is 0.0914 e. The number of rotatable bonds is 6. The predicted molar refractivity (Wildman–Crippen MR) is 84.7 cm³/mol. The Labute approximate surface area is 129 Å². The summed E-state index contributed by atoms with van der Waals surface area (Å²) in [5, 5.41) is 13.6. The van der Waals surface area contributed by atoms with Gasteiger partial charge < -0.3 is 15.3 Å². The Bertz CT molecular complexity index is 450. The van der Waals surface area contributed by atoms with E-state index in [2.05, 4.69) is 26.1 Å². The Morgan fingerprint density at radius 3 is 2.95 bits per heavy atom. The second-order valence-electron chi connectivity index (χ2n) is 6.11. The van der Waals surface area contributed by atoms with Gasteiger partial charge in [-0.2, -0.15) is 0 Å². The zero-order valence-corrected chi connectivity index (χ0v) is 13.3. The van der Waals surface area contributed by atoms with Gasteiger partial charge in [0.25, 0.3) is 0 Å². The van der Waals surface area contributed by atoms with Crippen molar-refractivity contribution in [1.29, 1.82) is 0 Å². The van der Waals surface area contributed by atoms with Crippen LogP contribution >= 0.6 is 15.9 Å². The third-order valence-electron chi connectivity index (χ3n) is 4.38. The van der Waals surface area contributed by atoms with Gasteiger partial charge in [-0.25, -0.2) is 0 Å². The molecular formula is C16H23BrN2O. The minimum absolute atomic E-state index is 0.423. The summed E-state index contributed by atoms with van der Waals surface area (Å²) in [5.74, 6) is 0.755. The van der Waals surface area contributed by atoms with Gasteiger partial charge in [0, 0.05) is 23.6 Å². The lowest BCUT2D eigenvalue weighted by Crippen LogP contribution is -2.30.